The fourth-order valence-electron chi connectivity index (χ4n) is 7.08. The Morgan fingerprint density at radius 1 is 0.540 bits per heavy atom. The number of hydrogen-bond acceptors (Lipinski definition) is 0. The first-order valence-electron chi connectivity index (χ1n) is 17.4. The normalized spacial score (nSPS) is 11.8. The summed E-state index contributed by atoms with van der Waals surface area (Å²) in [6, 6.07) is 49.2. The molecule has 0 aliphatic carbocycles. The van der Waals surface area contributed by atoms with Crippen LogP contribution in [0.4, 0.5) is 0 Å². The van der Waals surface area contributed by atoms with Crippen LogP contribution in [0.3, 0.4) is 0 Å². The molecule has 2 heterocycles. The van der Waals surface area contributed by atoms with E-state index in [1.165, 1.54) is 82.8 Å². The maximum atomic E-state index is 3.36. The number of aryl methyl sites for hydroxylation is 1. The maximum absolute atomic E-state index is 3.36. The predicted octanol–water partition coefficient (Wildman–Crippen LogP) is 13.6. The molecule has 2 aromatic heterocycles. The first-order chi connectivity index (χ1) is 24.6. The van der Waals surface area contributed by atoms with Gasteiger partial charge in [0, 0.05) is 32.9 Å². The van der Waals surface area contributed by atoms with Gasteiger partial charge in [-0.1, -0.05) is 123 Å². The zero-order valence-electron chi connectivity index (χ0n) is 29.1. The van der Waals surface area contributed by atoms with Crippen molar-refractivity contribution in [2.24, 2.45) is 0 Å². The highest BCUT2D eigenvalue weighted by Crippen LogP contribution is 2.38. The smallest absolute Gasteiger partial charge is 0.0541 e. The molecule has 0 aliphatic rings. The number of hydrogen-bond donors (Lipinski definition) is 0. The minimum atomic E-state index is 1.02. The largest absolute Gasteiger partial charge is 0.310 e. The highest BCUT2D eigenvalue weighted by atomic mass is 15.0. The third-order valence-electron chi connectivity index (χ3n) is 9.53. The molecular weight excluding hydrogens is 605 g/mol. The Morgan fingerprint density at radius 3 is 1.66 bits per heavy atom. The van der Waals surface area contributed by atoms with Crippen LogP contribution in [0.5, 0.6) is 0 Å². The lowest BCUT2D eigenvalue weighted by Crippen LogP contribution is -1.94. The molecule has 0 unspecified atom stereocenters. The first kappa shape index (κ1) is 32.4. The quantitative estimate of drug-likeness (QED) is 0.153. The fourth-order valence-corrected chi connectivity index (χ4v) is 7.08. The summed E-state index contributed by atoms with van der Waals surface area (Å²) in [5, 5.41) is 5.14. The molecule has 244 valence electrons. The van der Waals surface area contributed by atoms with E-state index in [-0.39, 0.29) is 0 Å². The van der Waals surface area contributed by atoms with Crippen molar-refractivity contribution < 1.29 is 0 Å². The van der Waals surface area contributed by atoms with Gasteiger partial charge in [0.1, 0.15) is 0 Å². The van der Waals surface area contributed by atoms with Gasteiger partial charge in [-0.15, -0.1) is 0 Å². The summed E-state index contributed by atoms with van der Waals surface area (Å²) < 4.78 is 4.76. The zero-order chi connectivity index (χ0) is 34.6. The molecule has 0 saturated heterocycles. The van der Waals surface area contributed by atoms with Crippen LogP contribution in [0.15, 0.2) is 177 Å². The van der Waals surface area contributed by atoms with E-state index in [4.69, 9.17) is 0 Å². The molecular formula is C48H42N2. The van der Waals surface area contributed by atoms with Crippen LogP contribution in [0.25, 0.3) is 77.2 Å². The number of benzene rings is 6. The van der Waals surface area contributed by atoms with Gasteiger partial charge < -0.3 is 9.13 Å². The van der Waals surface area contributed by atoms with Gasteiger partial charge in [0.25, 0.3) is 0 Å². The third-order valence-corrected chi connectivity index (χ3v) is 9.53. The summed E-state index contributed by atoms with van der Waals surface area (Å²) in [5.41, 5.74) is 13.6. The monoisotopic (exact) mass is 646 g/mol. The van der Waals surface area contributed by atoms with Crippen LogP contribution in [0.1, 0.15) is 26.3 Å². The summed E-state index contributed by atoms with van der Waals surface area (Å²) in [6.45, 7) is 13.1. The van der Waals surface area contributed by atoms with E-state index < -0.39 is 0 Å². The SMILES string of the molecule is C/C=C\C(=C/C)n1c2ccccc2c2cc(-c3ccc(-c4ccc5c(c4)c4cc(CC)ccc4n5-c4ccccc4)cc3)ccc21.C=CC=C. The molecule has 0 radical (unpaired) electrons. The summed E-state index contributed by atoms with van der Waals surface area (Å²) in [6.07, 6.45) is 10.8. The maximum Gasteiger partial charge on any atom is 0.0541 e. The molecule has 0 spiro atoms. The molecule has 0 saturated carbocycles. The van der Waals surface area contributed by atoms with Crippen molar-refractivity contribution in [3.8, 4) is 27.9 Å². The van der Waals surface area contributed by atoms with Crippen molar-refractivity contribution in [1.29, 1.82) is 0 Å². The minimum absolute atomic E-state index is 1.02. The van der Waals surface area contributed by atoms with Crippen molar-refractivity contribution >= 4 is 49.3 Å². The number of aromatic nitrogens is 2. The van der Waals surface area contributed by atoms with Crippen molar-refractivity contribution in [1.82, 2.24) is 9.13 Å². The van der Waals surface area contributed by atoms with Crippen molar-refractivity contribution in [3.05, 3.63) is 183 Å². The Labute approximate surface area is 295 Å². The van der Waals surface area contributed by atoms with Crippen molar-refractivity contribution in [2.45, 2.75) is 27.2 Å². The Kier molecular flexibility index (Phi) is 9.18. The average Bonchev–Trinajstić information content (AvgIpc) is 3.69. The summed E-state index contributed by atoms with van der Waals surface area (Å²) in [5.74, 6) is 0. The van der Waals surface area contributed by atoms with Gasteiger partial charge in [-0.2, -0.15) is 0 Å². The van der Waals surface area contributed by atoms with Crippen LogP contribution in [0.2, 0.25) is 0 Å². The molecule has 2 heteroatoms. The Hall–Kier alpha value is -6.12. The standard InChI is InChI=1S/C44H36N2.C4H6/c1-4-12-35(6-3)45-41-16-11-10-15-37(41)39-28-33(22-25-43(39)45)31-18-20-32(21-19-31)34-23-26-44-40(29-34)38-27-30(5-2)17-24-42(38)46(44)36-13-8-7-9-14-36;1-3-4-2/h4,6-29H,5H2,1-3H3;3-4H,1-2H2/b12-4-,35-6+;. The van der Waals surface area contributed by atoms with Crippen molar-refractivity contribution in [3.63, 3.8) is 0 Å². The number of rotatable bonds is 7. The third kappa shape index (κ3) is 5.80. The zero-order valence-corrected chi connectivity index (χ0v) is 29.1. The molecule has 8 rings (SSSR count). The molecule has 0 bridgehead atoms. The Morgan fingerprint density at radius 2 is 1.06 bits per heavy atom. The van der Waals surface area contributed by atoms with Crippen LogP contribution in [-0.2, 0) is 6.42 Å². The average molecular weight is 647 g/mol. The Bertz CT molecular complexity index is 2550. The second kappa shape index (κ2) is 14.2. The van der Waals surface area contributed by atoms with Gasteiger partial charge in [0.15, 0.2) is 0 Å². The van der Waals surface area contributed by atoms with Crippen LogP contribution >= 0.6 is 0 Å². The van der Waals surface area contributed by atoms with Gasteiger partial charge in [0.2, 0.25) is 0 Å². The van der Waals surface area contributed by atoms with Gasteiger partial charge in [-0.3, -0.25) is 0 Å². The number of nitrogens with zero attached hydrogens (tertiary/aromatic N) is 2. The molecule has 2 nitrogen and oxygen atoms in total. The van der Waals surface area contributed by atoms with Gasteiger partial charge in [-0.25, -0.2) is 0 Å². The van der Waals surface area contributed by atoms with Crippen molar-refractivity contribution in [2.75, 3.05) is 0 Å². The second-order valence-corrected chi connectivity index (χ2v) is 12.5. The van der Waals surface area contributed by atoms with E-state index in [0.29, 0.717) is 0 Å². The topological polar surface area (TPSA) is 9.86 Å². The molecule has 50 heavy (non-hydrogen) atoms. The highest BCUT2D eigenvalue weighted by Gasteiger charge is 2.15. The molecule has 0 aliphatic heterocycles. The lowest BCUT2D eigenvalue weighted by Gasteiger charge is -2.10. The van der Waals surface area contributed by atoms with Gasteiger partial charge in [-0.05, 0) is 109 Å². The van der Waals surface area contributed by atoms with Crippen LogP contribution in [0, 0.1) is 0 Å². The number of para-hydroxylation sites is 2. The summed E-state index contributed by atoms with van der Waals surface area (Å²) in [7, 11) is 0. The first-order valence-corrected chi connectivity index (χ1v) is 17.4. The van der Waals surface area contributed by atoms with E-state index in [1.54, 1.807) is 12.2 Å². The van der Waals surface area contributed by atoms with Crippen LogP contribution in [-0.4, -0.2) is 9.13 Å². The second-order valence-electron chi connectivity index (χ2n) is 12.5. The Balaban J connectivity index is 0.000000932. The molecule has 8 aromatic rings. The van der Waals surface area contributed by atoms with Crippen LogP contribution < -0.4 is 0 Å². The van der Waals surface area contributed by atoms with E-state index in [2.05, 4.69) is 195 Å². The fraction of sp³-hybridized carbons (Fsp3) is 0.0833. The number of allylic oxidation sites excluding steroid dienone is 6. The number of fused-ring (bicyclic) bond motifs is 6. The summed E-state index contributed by atoms with van der Waals surface area (Å²) in [4.78, 5) is 0. The molecule has 0 fully saturated rings. The van der Waals surface area contributed by atoms with E-state index >= 15 is 0 Å². The minimum Gasteiger partial charge on any atom is -0.310 e. The summed E-state index contributed by atoms with van der Waals surface area (Å²) >= 11 is 0. The highest BCUT2D eigenvalue weighted by molar-refractivity contribution is 6.12. The molecule has 0 N–H and O–H groups in total. The lowest BCUT2D eigenvalue weighted by molar-refractivity contribution is 1.14. The molecule has 0 amide bonds. The molecule has 0 atom stereocenters. The van der Waals surface area contributed by atoms with Gasteiger partial charge in [0.05, 0.1) is 22.1 Å². The lowest BCUT2D eigenvalue weighted by atomic mass is 9.98. The van der Waals surface area contributed by atoms with E-state index in [1.807, 2.05) is 0 Å². The van der Waals surface area contributed by atoms with Gasteiger partial charge >= 0.3 is 0 Å². The van der Waals surface area contributed by atoms with E-state index in [0.717, 1.165) is 6.42 Å². The predicted molar refractivity (Wildman–Crippen MR) is 219 cm³/mol. The van der Waals surface area contributed by atoms with E-state index in [9.17, 15) is 0 Å². The molecule has 6 aromatic carbocycles.